The Morgan fingerprint density at radius 2 is 1.91 bits per heavy atom. The Labute approximate surface area is 202 Å². The van der Waals surface area contributed by atoms with Gasteiger partial charge < -0.3 is 14.4 Å². The molecule has 1 unspecified atom stereocenters. The van der Waals surface area contributed by atoms with Crippen molar-refractivity contribution in [2.45, 2.75) is 82.7 Å². The van der Waals surface area contributed by atoms with Crippen molar-refractivity contribution in [1.29, 1.82) is 0 Å². The Kier molecular flexibility index (Phi) is 7.09. The van der Waals surface area contributed by atoms with Crippen LogP contribution in [0.1, 0.15) is 65.6 Å². The quantitative estimate of drug-likeness (QED) is 0.655. The van der Waals surface area contributed by atoms with Crippen LogP contribution < -0.4 is 0 Å². The zero-order chi connectivity index (χ0) is 24.7. The van der Waals surface area contributed by atoms with E-state index in [1.54, 1.807) is 12.1 Å². The number of benzene rings is 1. The van der Waals surface area contributed by atoms with E-state index in [9.17, 15) is 18.3 Å². The van der Waals surface area contributed by atoms with E-state index in [4.69, 9.17) is 9.72 Å². The Balaban J connectivity index is 1.73. The zero-order valence-corrected chi connectivity index (χ0v) is 21.5. The number of hydrogen-bond acceptors (Lipinski definition) is 5. The van der Waals surface area contributed by atoms with E-state index < -0.39 is 28.0 Å². The Bertz CT molecular complexity index is 1150. The number of nitrogens with zero attached hydrogens (tertiary/aromatic N) is 3. The molecule has 1 N–H and O–H groups in total. The fraction of sp³-hybridized carbons (Fsp3) is 0.680. The van der Waals surface area contributed by atoms with Gasteiger partial charge in [0, 0.05) is 37.8 Å². The first-order chi connectivity index (χ1) is 16.0. The van der Waals surface area contributed by atoms with Crippen LogP contribution in [0, 0.1) is 11.8 Å². The molecule has 0 amide bonds. The molecule has 3 heterocycles. The van der Waals surface area contributed by atoms with Crippen molar-refractivity contribution in [3.05, 3.63) is 24.0 Å². The van der Waals surface area contributed by atoms with E-state index in [1.165, 1.54) is 4.31 Å². The maximum absolute atomic E-state index is 13.7. The third-order valence-corrected chi connectivity index (χ3v) is 9.16. The number of piperidine rings is 1. The highest BCUT2D eigenvalue weighted by Gasteiger charge is 2.41. The largest absolute Gasteiger partial charge is 0.481 e. The van der Waals surface area contributed by atoms with Crippen LogP contribution in [0.5, 0.6) is 0 Å². The average Bonchev–Trinajstić information content (AvgIpc) is 3.17. The molecule has 2 aliphatic rings. The molecule has 0 saturated carbocycles. The number of carboxylic acids is 1. The van der Waals surface area contributed by atoms with Gasteiger partial charge in [0.2, 0.25) is 10.0 Å². The van der Waals surface area contributed by atoms with Gasteiger partial charge >= 0.3 is 5.97 Å². The zero-order valence-electron chi connectivity index (χ0n) is 20.7. The van der Waals surface area contributed by atoms with Crippen LogP contribution in [0.15, 0.2) is 23.1 Å². The number of rotatable bonds is 6. The van der Waals surface area contributed by atoms with E-state index in [0.717, 1.165) is 43.9 Å². The van der Waals surface area contributed by atoms with Crippen LogP contribution in [0.25, 0.3) is 11.0 Å². The van der Waals surface area contributed by atoms with Crippen molar-refractivity contribution >= 4 is 27.0 Å². The topological polar surface area (TPSA) is 102 Å². The van der Waals surface area contributed by atoms with E-state index in [1.807, 2.05) is 13.0 Å². The summed E-state index contributed by atoms with van der Waals surface area (Å²) in [5, 5.41) is 9.64. The minimum atomic E-state index is -3.84. The lowest BCUT2D eigenvalue weighted by molar-refractivity contribution is -0.144. The van der Waals surface area contributed by atoms with Gasteiger partial charge in [-0.3, -0.25) is 4.79 Å². The maximum atomic E-state index is 13.7. The molecule has 188 valence electrons. The first-order valence-electron chi connectivity index (χ1n) is 12.4. The van der Waals surface area contributed by atoms with Gasteiger partial charge in [0.15, 0.2) is 0 Å². The second kappa shape index (κ2) is 9.59. The lowest BCUT2D eigenvalue weighted by Gasteiger charge is -2.38. The third kappa shape index (κ3) is 4.75. The number of sulfonamides is 1. The number of fused-ring (bicyclic) bond motifs is 1. The normalized spacial score (nSPS) is 23.4. The third-order valence-electron chi connectivity index (χ3n) is 7.24. The molecule has 1 aromatic carbocycles. The van der Waals surface area contributed by atoms with Gasteiger partial charge in [0.05, 0.1) is 21.8 Å². The summed E-state index contributed by atoms with van der Waals surface area (Å²) in [5.74, 6) is -0.159. The number of hydrogen-bond donors (Lipinski definition) is 1. The number of imidazole rings is 1. The van der Waals surface area contributed by atoms with Gasteiger partial charge in [-0.05, 0) is 56.2 Å². The van der Waals surface area contributed by atoms with Gasteiger partial charge in [0.1, 0.15) is 5.82 Å². The standard InChI is InChI=1S/C25H37N3O5S/c1-5-21-19(23(29)30)7-6-12-28(21)34(31,32)18-8-9-22-20(15-18)26-24(25(2,3)4)27(22)16-17-10-13-33-14-11-17/h8-9,15,17,19,21H,5-7,10-14,16H2,1-4H3,(H,29,30)/t19-,21?/m0/s1. The summed E-state index contributed by atoms with van der Waals surface area (Å²) in [4.78, 5) is 16.9. The minimum absolute atomic E-state index is 0.181. The Morgan fingerprint density at radius 1 is 1.21 bits per heavy atom. The fourth-order valence-corrected chi connectivity index (χ4v) is 7.24. The highest BCUT2D eigenvalue weighted by atomic mass is 32.2. The number of aliphatic carboxylic acids is 1. The van der Waals surface area contributed by atoms with Crippen LogP contribution in [0.3, 0.4) is 0 Å². The summed E-state index contributed by atoms with van der Waals surface area (Å²) in [6.45, 7) is 10.9. The molecule has 4 rings (SSSR count). The molecule has 0 radical (unpaired) electrons. The van der Waals surface area contributed by atoms with E-state index in [-0.39, 0.29) is 10.3 Å². The number of carboxylic acid groups (broad SMARTS) is 1. The van der Waals surface area contributed by atoms with Crippen LogP contribution in [-0.4, -0.2) is 59.2 Å². The summed E-state index contributed by atoms with van der Waals surface area (Å²) in [5.41, 5.74) is 1.40. The van der Waals surface area contributed by atoms with Crippen LogP contribution in [-0.2, 0) is 31.5 Å². The van der Waals surface area contributed by atoms with Gasteiger partial charge in [-0.1, -0.05) is 27.7 Å². The summed E-state index contributed by atoms with van der Waals surface area (Å²) in [7, 11) is -3.84. The molecule has 2 aliphatic heterocycles. The van der Waals surface area contributed by atoms with Gasteiger partial charge in [-0.15, -0.1) is 0 Å². The molecule has 2 fully saturated rings. The van der Waals surface area contributed by atoms with Gasteiger partial charge in [-0.25, -0.2) is 13.4 Å². The lowest BCUT2D eigenvalue weighted by Crippen LogP contribution is -2.50. The lowest BCUT2D eigenvalue weighted by atomic mass is 9.89. The van der Waals surface area contributed by atoms with Crippen molar-refractivity contribution in [2.75, 3.05) is 19.8 Å². The summed E-state index contributed by atoms with van der Waals surface area (Å²) >= 11 is 0. The molecule has 1 aromatic heterocycles. The van der Waals surface area contributed by atoms with E-state index in [2.05, 4.69) is 25.3 Å². The second-order valence-electron chi connectivity index (χ2n) is 10.7. The predicted octanol–water partition coefficient (Wildman–Crippen LogP) is 4.02. The van der Waals surface area contributed by atoms with Crippen molar-refractivity contribution in [3.8, 4) is 0 Å². The van der Waals surface area contributed by atoms with Gasteiger partial charge in [-0.2, -0.15) is 4.31 Å². The molecule has 2 aromatic rings. The Morgan fingerprint density at radius 3 is 2.53 bits per heavy atom. The summed E-state index contributed by atoms with van der Waals surface area (Å²) in [6, 6.07) is 4.65. The fourth-order valence-electron chi connectivity index (χ4n) is 5.45. The number of carbonyl (C=O) groups is 1. The van der Waals surface area contributed by atoms with Crippen LogP contribution >= 0.6 is 0 Å². The predicted molar refractivity (Wildman–Crippen MR) is 130 cm³/mol. The first-order valence-corrected chi connectivity index (χ1v) is 13.8. The smallest absolute Gasteiger partial charge is 0.308 e. The Hall–Kier alpha value is -1.97. The molecule has 0 bridgehead atoms. The summed E-state index contributed by atoms with van der Waals surface area (Å²) in [6.07, 6.45) is 3.53. The summed E-state index contributed by atoms with van der Waals surface area (Å²) < 4.78 is 36.5. The molecule has 0 spiro atoms. The SMILES string of the molecule is CCC1[C@@H](C(=O)O)CCCN1S(=O)(=O)c1ccc2c(c1)nc(C(C)(C)C)n2CC1CCOCC1. The van der Waals surface area contributed by atoms with Crippen LogP contribution in [0.2, 0.25) is 0 Å². The molecular weight excluding hydrogens is 454 g/mol. The van der Waals surface area contributed by atoms with Crippen LogP contribution in [0.4, 0.5) is 0 Å². The van der Waals surface area contributed by atoms with Crippen molar-refractivity contribution in [2.24, 2.45) is 11.8 Å². The van der Waals surface area contributed by atoms with Crippen molar-refractivity contribution < 1.29 is 23.1 Å². The van der Waals surface area contributed by atoms with E-state index in [0.29, 0.717) is 37.2 Å². The highest BCUT2D eigenvalue weighted by molar-refractivity contribution is 7.89. The molecule has 2 saturated heterocycles. The minimum Gasteiger partial charge on any atom is -0.481 e. The average molecular weight is 492 g/mol. The van der Waals surface area contributed by atoms with Gasteiger partial charge in [0.25, 0.3) is 0 Å². The molecule has 2 atom stereocenters. The molecular formula is C25H37N3O5S. The first kappa shape index (κ1) is 25.1. The van der Waals surface area contributed by atoms with E-state index >= 15 is 0 Å². The monoisotopic (exact) mass is 491 g/mol. The second-order valence-corrected chi connectivity index (χ2v) is 12.6. The molecule has 34 heavy (non-hydrogen) atoms. The number of ether oxygens (including phenoxy) is 1. The molecule has 8 nitrogen and oxygen atoms in total. The van der Waals surface area contributed by atoms with Crippen molar-refractivity contribution in [3.63, 3.8) is 0 Å². The van der Waals surface area contributed by atoms with Crippen molar-refractivity contribution in [1.82, 2.24) is 13.9 Å². The number of aromatic nitrogens is 2. The maximum Gasteiger partial charge on any atom is 0.308 e. The molecule has 0 aliphatic carbocycles. The highest BCUT2D eigenvalue weighted by Crippen LogP contribution is 2.34. The molecule has 9 heteroatoms.